The Kier molecular flexibility index (Phi) is 4.53. The minimum atomic E-state index is -2.84. The summed E-state index contributed by atoms with van der Waals surface area (Å²) in [6.07, 6.45) is 1.53. The van der Waals surface area contributed by atoms with Crippen molar-refractivity contribution in [3.05, 3.63) is 0 Å². The van der Waals surface area contributed by atoms with Crippen LogP contribution in [-0.4, -0.2) is 44.1 Å². The molecule has 1 heterocycles. The van der Waals surface area contributed by atoms with Gasteiger partial charge >= 0.3 is 0 Å². The van der Waals surface area contributed by atoms with E-state index in [0.717, 1.165) is 0 Å². The molecule has 88 valence electrons. The Balaban J connectivity index is 2.26. The highest BCUT2D eigenvalue weighted by Crippen LogP contribution is 2.21. The lowest BCUT2D eigenvalue weighted by molar-refractivity contribution is -0.122. The summed E-state index contributed by atoms with van der Waals surface area (Å²) >= 11 is 0. The van der Waals surface area contributed by atoms with E-state index in [4.69, 9.17) is 5.11 Å². The summed E-state index contributed by atoms with van der Waals surface area (Å²) in [6.45, 7) is 0.203. The topological polar surface area (TPSA) is 83.5 Å². The molecule has 1 aliphatic rings. The van der Waals surface area contributed by atoms with Crippen molar-refractivity contribution in [3.63, 3.8) is 0 Å². The van der Waals surface area contributed by atoms with Crippen molar-refractivity contribution < 1.29 is 18.3 Å². The molecule has 0 aliphatic carbocycles. The maximum Gasteiger partial charge on any atom is 0.220 e. The van der Waals surface area contributed by atoms with Crippen LogP contribution >= 0.6 is 0 Å². The zero-order valence-corrected chi connectivity index (χ0v) is 9.42. The molecule has 0 spiro atoms. The Labute approximate surface area is 89.8 Å². The number of carbonyl (C=O) groups excluding carboxylic acids is 1. The second-order valence-electron chi connectivity index (χ2n) is 3.87. The fourth-order valence-corrected chi connectivity index (χ4v) is 3.26. The molecule has 0 aromatic rings. The largest absolute Gasteiger partial charge is 0.395 e. The normalized spacial score (nSPS) is 21.1. The first-order valence-electron chi connectivity index (χ1n) is 5.11. The number of rotatable bonds is 4. The van der Waals surface area contributed by atoms with Gasteiger partial charge in [0.25, 0.3) is 0 Å². The van der Waals surface area contributed by atoms with E-state index in [2.05, 4.69) is 5.32 Å². The molecule has 0 saturated carbocycles. The highest BCUT2D eigenvalue weighted by atomic mass is 32.2. The molecule has 1 rings (SSSR count). The van der Waals surface area contributed by atoms with Crippen molar-refractivity contribution >= 4 is 15.7 Å². The lowest BCUT2D eigenvalue weighted by Gasteiger charge is -2.21. The monoisotopic (exact) mass is 235 g/mol. The van der Waals surface area contributed by atoms with E-state index >= 15 is 0 Å². The minimum absolute atomic E-state index is 0.0647. The summed E-state index contributed by atoms with van der Waals surface area (Å²) in [7, 11) is -2.84. The van der Waals surface area contributed by atoms with Crippen LogP contribution in [0.5, 0.6) is 0 Å². The number of carbonyl (C=O) groups is 1. The smallest absolute Gasteiger partial charge is 0.220 e. The number of sulfone groups is 1. The van der Waals surface area contributed by atoms with Crippen LogP contribution < -0.4 is 5.32 Å². The van der Waals surface area contributed by atoms with E-state index in [9.17, 15) is 13.2 Å². The van der Waals surface area contributed by atoms with Gasteiger partial charge < -0.3 is 10.4 Å². The van der Waals surface area contributed by atoms with Gasteiger partial charge in [0.1, 0.15) is 9.84 Å². The fraction of sp³-hybridized carbons (Fsp3) is 0.889. The molecule has 1 amide bonds. The van der Waals surface area contributed by atoms with Crippen molar-refractivity contribution in [3.8, 4) is 0 Å². The number of amides is 1. The molecule has 1 fully saturated rings. The van der Waals surface area contributed by atoms with Crippen molar-refractivity contribution in [1.82, 2.24) is 5.32 Å². The third kappa shape index (κ3) is 4.61. The van der Waals surface area contributed by atoms with Gasteiger partial charge in [-0.1, -0.05) is 0 Å². The van der Waals surface area contributed by atoms with Crippen molar-refractivity contribution in [2.75, 3.05) is 24.7 Å². The van der Waals surface area contributed by atoms with Gasteiger partial charge in [-0.3, -0.25) is 4.79 Å². The van der Waals surface area contributed by atoms with Crippen LogP contribution in [0, 0.1) is 5.92 Å². The van der Waals surface area contributed by atoms with E-state index < -0.39 is 9.84 Å². The van der Waals surface area contributed by atoms with E-state index in [-0.39, 0.29) is 36.5 Å². The summed E-state index contributed by atoms with van der Waals surface area (Å²) in [6, 6.07) is 0. The molecule has 6 heteroatoms. The molecule has 0 atom stereocenters. The summed E-state index contributed by atoms with van der Waals surface area (Å²) < 4.78 is 22.2. The number of nitrogens with one attached hydrogen (secondary N) is 1. The van der Waals surface area contributed by atoms with Crippen LogP contribution in [0.2, 0.25) is 0 Å². The summed E-state index contributed by atoms with van der Waals surface area (Å²) in [5.41, 5.74) is 0. The summed E-state index contributed by atoms with van der Waals surface area (Å²) in [5.74, 6) is 0.469. The number of aliphatic hydroxyl groups is 1. The Hall–Kier alpha value is -0.620. The first-order chi connectivity index (χ1) is 7.03. The average molecular weight is 235 g/mol. The predicted octanol–water partition coefficient (Wildman–Crippen LogP) is -0.690. The van der Waals surface area contributed by atoms with Crippen LogP contribution in [0.4, 0.5) is 0 Å². The molecule has 2 N–H and O–H groups in total. The first kappa shape index (κ1) is 12.4. The highest BCUT2D eigenvalue weighted by molar-refractivity contribution is 7.91. The molecule has 1 aliphatic heterocycles. The van der Waals surface area contributed by atoms with E-state index in [0.29, 0.717) is 19.3 Å². The van der Waals surface area contributed by atoms with Gasteiger partial charge in [-0.05, 0) is 18.8 Å². The SMILES string of the molecule is O=C(CC1CCS(=O)(=O)CC1)NCCO. The second kappa shape index (κ2) is 5.46. The minimum Gasteiger partial charge on any atom is -0.395 e. The molecule has 0 bridgehead atoms. The fourth-order valence-electron chi connectivity index (χ4n) is 1.67. The molecule has 0 radical (unpaired) electrons. The van der Waals surface area contributed by atoms with Gasteiger partial charge in [-0.2, -0.15) is 0 Å². The zero-order chi connectivity index (χ0) is 11.3. The highest BCUT2D eigenvalue weighted by Gasteiger charge is 2.24. The number of hydrogen-bond acceptors (Lipinski definition) is 4. The Bertz CT molecular complexity index is 298. The van der Waals surface area contributed by atoms with Gasteiger partial charge in [-0.25, -0.2) is 8.42 Å². The van der Waals surface area contributed by atoms with E-state index in [1.807, 2.05) is 0 Å². The maximum atomic E-state index is 11.3. The van der Waals surface area contributed by atoms with Gasteiger partial charge in [0, 0.05) is 13.0 Å². The third-order valence-corrected chi connectivity index (χ3v) is 4.30. The Morgan fingerprint density at radius 3 is 2.47 bits per heavy atom. The standard InChI is InChI=1S/C9H17NO4S/c11-4-3-10-9(12)7-8-1-5-15(13,14)6-2-8/h8,11H,1-7H2,(H,10,12). The Morgan fingerprint density at radius 1 is 1.33 bits per heavy atom. The third-order valence-electron chi connectivity index (χ3n) is 2.58. The molecule has 15 heavy (non-hydrogen) atoms. The molecule has 0 aromatic heterocycles. The van der Waals surface area contributed by atoms with E-state index in [1.165, 1.54) is 0 Å². The van der Waals surface area contributed by atoms with Crippen molar-refractivity contribution in [1.29, 1.82) is 0 Å². The average Bonchev–Trinajstić information content (AvgIpc) is 2.18. The van der Waals surface area contributed by atoms with Crippen molar-refractivity contribution in [2.24, 2.45) is 5.92 Å². The van der Waals surface area contributed by atoms with Gasteiger partial charge in [0.05, 0.1) is 18.1 Å². The van der Waals surface area contributed by atoms with Crippen molar-refractivity contribution in [2.45, 2.75) is 19.3 Å². The lowest BCUT2D eigenvalue weighted by atomic mass is 9.98. The predicted molar refractivity (Wildman–Crippen MR) is 56.1 cm³/mol. The van der Waals surface area contributed by atoms with Crippen LogP contribution in [0.3, 0.4) is 0 Å². The Morgan fingerprint density at radius 2 is 1.93 bits per heavy atom. The molecular formula is C9H17NO4S. The van der Waals surface area contributed by atoms with Gasteiger partial charge in [0.2, 0.25) is 5.91 Å². The lowest BCUT2D eigenvalue weighted by Crippen LogP contribution is -2.31. The molecule has 5 nitrogen and oxygen atoms in total. The van der Waals surface area contributed by atoms with Crippen LogP contribution in [0.1, 0.15) is 19.3 Å². The van der Waals surface area contributed by atoms with Crippen LogP contribution in [0.25, 0.3) is 0 Å². The molecule has 0 aromatic carbocycles. The molecular weight excluding hydrogens is 218 g/mol. The first-order valence-corrected chi connectivity index (χ1v) is 6.93. The van der Waals surface area contributed by atoms with Gasteiger partial charge in [0.15, 0.2) is 0 Å². The summed E-state index contributed by atoms with van der Waals surface area (Å²) in [4.78, 5) is 11.3. The van der Waals surface area contributed by atoms with Crippen LogP contribution in [-0.2, 0) is 14.6 Å². The quantitative estimate of drug-likeness (QED) is 0.675. The molecule has 1 saturated heterocycles. The maximum absolute atomic E-state index is 11.3. The summed E-state index contributed by atoms with van der Waals surface area (Å²) in [5, 5.41) is 11.1. The van der Waals surface area contributed by atoms with Gasteiger partial charge in [-0.15, -0.1) is 0 Å². The second-order valence-corrected chi connectivity index (χ2v) is 6.18. The number of hydrogen-bond donors (Lipinski definition) is 2. The zero-order valence-electron chi connectivity index (χ0n) is 8.61. The van der Waals surface area contributed by atoms with Crippen LogP contribution in [0.15, 0.2) is 0 Å². The van der Waals surface area contributed by atoms with E-state index in [1.54, 1.807) is 0 Å². The molecule has 0 unspecified atom stereocenters. The number of aliphatic hydroxyl groups excluding tert-OH is 1.